The third kappa shape index (κ3) is 6.55. The van der Waals surface area contributed by atoms with Gasteiger partial charge in [0.15, 0.2) is 9.84 Å². The number of hydrogen-bond acceptors (Lipinski definition) is 7. The Morgan fingerprint density at radius 2 is 1.64 bits per heavy atom. The third-order valence-electron chi connectivity index (χ3n) is 8.75. The van der Waals surface area contributed by atoms with Crippen molar-refractivity contribution in [3.05, 3.63) is 60.4 Å². The number of alkyl halides is 3. The first-order chi connectivity index (χ1) is 20.9. The van der Waals surface area contributed by atoms with Crippen LogP contribution in [0.1, 0.15) is 50.1 Å². The second-order valence-corrected chi connectivity index (χ2v) is 14.1. The fourth-order valence-corrected chi connectivity index (χ4v) is 7.33. The predicted molar refractivity (Wildman–Crippen MR) is 157 cm³/mol. The van der Waals surface area contributed by atoms with Crippen LogP contribution in [0, 0.1) is 17.2 Å². The Balaban J connectivity index is 1.34. The number of carbonyl (C=O) groups is 1. The summed E-state index contributed by atoms with van der Waals surface area (Å²) in [5.41, 5.74) is 2.98. The lowest BCUT2D eigenvalue weighted by atomic mass is 9.75. The molecule has 2 atom stereocenters. The summed E-state index contributed by atoms with van der Waals surface area (Å²) in [6, 6.07) is 15.4. The summed E-state index contributed by atoms with van der Waals surface area (Å²) in [4.78, 5) is 15.5. The second kappa shape index (κ2) is 11.5. The molecule has 2 aliphatic carbocycles. The minimum atomic E-state index is -4.80. The lowest BCUT2D eigenvalue weighted by Crippen LogP contribution is -2.42. The molecule has 232 valence electrons. The molecular weight excluding hydrogens is 595 g/mol. The van der Waals surface area contributed by atoms with E-state index < -0.39 is 21.7 Å². The van der Waals surface area contributed by atoms with Crippen LogP contribution in [0.15, 0.2) is 54.7 Å². The monoisotopic (exact) mass is 627 g/mol. The van der Waals surface area contributed by atoms with Crippen molar-refractivity contribution in [3.63, 3.8) is 0 Å². The highest BCUT2D eigenvalue weighted by Gasteiger charge is 2.47. The highest BCUT2D eigenvalue weighted by atomic mass is 32.2. The van der Waals surface area contributed by atoms with E-state index in [1.807, 2.05) is 35.4 Å². The van der Waals surface area contributed by atoms with Crippen molar-refractivity contribution in [2.45, 2.75) is 56.3 Å². The minimum Gasteiger partial charge on any atom is -0.406 e. The van der Waals surface area contributed by atoms with Crippen molar-refractivity contribution in [3.8, 4) is 28.6 Å². The maximum atomic E-state index is 13.5. The van der Waals surface area contributed by atoms with E-state index in [-0.39, 0.29) is 35.0 Å². The first-order valence-corrected chi connectivity index (χ1v) is 16.5. The molecule has 3 aromatic rings. The van der Waals surface area contributed by atoms with Crippen LogP contribution in [0.2, 0.25) is 0 Å². The maximum Gasteiger partial charge on any atom is 0.573 e. The fraction of sp³-hybridized carbons (Fsp3) is 0.452. The van der Waals surface area contributed by atoms with Gasteiger partial charge in [0, 0.05) is 42.4 Å². The van der Waals surface area contributed by atoms with Crippen molar-refractivity contribution in [1.29, 1.82) is 5.26 Å². The minimum absolute atomic E-state index is 0.108. The molecule has 2 aromatic carbocycles. The van der Waals surface area contributed by atoms with E-state index in [2.05, 4.69) is 16.1 Å². The maximum absolute atomic E-state index is 13.5. The molecule has 0 radical (unpaired) electrons. The summed E-state index contributed by atoms with van der Waals surface area (Å²) in [7, 11) is -3.02. The van der Waals surface area contributed by atoms with Crippen molar-refractivity contribution in [2.24, 2.45) is 5.92 Å². The zero-order chi connectivity index (χ0) is 31.1. The quantitative estimate of drug-likeness (QED) is 0.387. The highest BCUT2D eigenvalue weighted by Crippen LogP contribution is 2.43. The van der Waals surface area contributed by atoms with Crippen molar-refractivity contribution in [2.75, 3.05) is 29.5 Å². The van der Waals surface area contributed by atoms with Gasteiger partial charge in [-0.2, -0.15) is 10.4 Å². The van der Waals surface area contributed by atoms with Gasteiger partial charge in [-0.25, -0.2) is 13.1 Å². The molecule has 1 aromatic heterocycles. The number of carbonyl (C=O) groups excluding carboxylic acids is 1. The number of nitriles is 1. The lowest BCUT2D eigenvalue weighted by Gasteiger charge is -2.31. The van der Waals surface area contributed by atoms with Gasteiger partial charge in [0.05, 0.1) is 29.0 Å². The molecule has 1 aliphatic heterocycles. The number of nitrogens with one attached hydrogen (secondary N) is 1. The van der Waals surface area contributed by atoms with E-state index in [0.29, 0.717) is 43.7 Å². The van der Waals surface area contributed by atoms with E-state index in [4.69, 9.17) is 5.10 Å². The Morgan fingerprint density at radius 3 is 2.25 bits per heavy atom. The summed E-state index contributed by atoms with van der Waals surface area (Å²) in [6.07, 6.45) is 1.45. The normalized spacial score (nSPS) is 22.5. The van der Waals surface area contributed by atoms with Crippen molar-refractivity contribution < 1.29 is 31.1 Å². The van der Waals surface area contributed by atoms with E-state index >= 15 is 0 Å². The Labute approximate surface area is 253 Å². The molecule has 13 heteroatoms. The number of rotatable bonds is 7. The Kier molecular flexibility index (Phi) is 7.82. The van der Waals surface area contributed by atoms with Gasteiger partial charge in [-0.3, -0.25) is 4.79 Å². The predicted octanol–water partition coefficient (Wildman–Crippen LogP) is 5.12. The summed E-state index contributed by atoms with van der Waals surface area (Å²) < 4.78 is 67.5. The van der Waals surface area contributed by atoms with Gasteiger partial charge in [0.1, 0.15) is 11.3 Å². The summed E-state index contributed by atoms with van der Waals surface area (Å²) in [5.74, 6) is -0.889. The number of halogens is 3. The van der Waals surface area contributed by atoms with Crippen LogP contribution in [0.3, 0.4) is 0 Å². The summed E-state index contributed by atoms with van der Waals surface area (Å²) in [5, 5.41) is 17.4. The fourth-order valence-electron chi connectivity index (χ4n) is 6.13. The Bertz CT molecular complexity index is 1660. The SMILES string of the molecule is N#CC1(NC(=O)[C@@H]2CCCC[C@H]2c2nn(-c3ccc(OC(F)(F)F)cc3)cc2-c2ccc(N3CCS(=O)(=O)CC3)cc2)CC1. The first kappa shape index (κ1) is 30.0. The number of sulfone groups is 1. The number of nitrogens with zero attached hydrogens (tertiary/aromatic N) is 4. The van der Waals surface area contributed by atoms with Gasteiger partial charge in [-0.15, -0.1) is 13.2 Å². The molecule has 3 aliphatic rings. The number of benzene rings is 2. The smallest absolute Gasteiger partial charge is 0.406 e. The zero-order valence-corrected chi connectivity index (χ0v) is 24.7. The van der Waals surface area contributed by atoms with Crippen molar-refractivity contribution in [1.82, 2.24) is 15.1 Å². The molecule has 6 rings (SSSR count). The van der Waals surface area contributed by atoms with Crippen molar-refractivity contribution >= 4 is 21.4 Å². The average Bonchev–Trinajstić information content (AvgIpc) is 3.63. The molecule has 9 nitrogen and oxygen atoms in total. The number of amides is 1. The second-order valence-electron chi connectivity index (χ2n) is 11.8. The molecule has 3 fully saturated rings. The lowest BCUT2D eigenvalue weighted by molar-refractivity contribution is -0.274. The van der Waals surface area contributed by atoms with Crippen LogP contribution in [0.4, 0.5) is 18.9 Å². The molecule has 2 heterocycles. The van der Waals surface area contributed by atoms with Gasteiger partial charge in [-0.1, -0.05) is 25.0 Å². The van der Waals surface area contributed by atoms with E-state index in [1.165, 1.54) is 24.3 Å². The zero-order valence-electron chi connectivity index (χ0n) is 23.9. The van der Waals surface area contributed by atoms with E-state index in [0.717, 1.165) is 36.1 Å². The van der Waals surface area contributed by atoms with Gasteiger partial charge in [0.25, 0.3) is 0 Å². The van der Waals surface area contributed by atoms with E-state index in [1.54, 1.807) is 4.68 Å². The largest absolute Gasteiger partial charge is 0.573 e. The van der Waals surface area contributed by atoms with Crippen LogP contribution in [0.25, 0.3) is 16.8 Å². The van der Waals surface area contributed by atoms with Gasteiger partial charge < -0.3 is 15.0 Å². The molecule has 0 unspecified atom stereocenters. The Morgan fingerprint density at radius 1 is 1.00 bits per heavy atom. The molecule has 44 heavy (non-hydrogen) atoms. The number of aromatic nitrogens is 2. The molecular formula is C31H32F3N5O4S. The molecule has 2 saturated carbocycles. The van der Waals surface area contributed by atoms with Gasteiger partial charge >= 0.3 is 6.36 Å². The standard InChI is InChI=1S/C31H32F3N5O4S/c32-31(33,34)43-24-11-9-23(10-12-24)39-19-27(21-5-7-22(8-6-21)38-15-17-44(41,42)18-16-38)28(37-39)25-3-1-2-4-26(25)29(40)36-30(20-35)13-14-30/h5-12,19,25-26H,1-4,13-18H2,(H,36,40)/t25-,26-/m1/s1. The molecule has 1 saturated heterocycles. The van der Waals surface area contributed by atoms with E-state index in [9.17, 15) is 31.6 Å². The summed E-state index contributed by atoms with van der Waals surface area (Å²) in [6.45, 7) is 0.837. The number of anilines is 1. The molecule has 1 amide bonds. The highest BCUT2D eigenvalue weighted by molar-refractivity contribution is 7.91. The molecule has 1 N–H and O–H groups in total. The number of hydrogen-bond donors (Lipinski definition) is 1. The van der Waals surface area contributed by atoms with Crippen LogP contribution in [0.5, 0.6) is 5.75 Å². The van der Waals surface area contributed by atoms with Crippen LogP contribution >= 0.6 is 0 Å². The third-order valence-corrected chi connectivity index (χ3v) is 10.4. The summed E-state index contributed by atoms with van der Waals surface area (Å²) >= 11 is 0. The Hall–Kier alpha value is -4.05. The van der Waals surface area contributed by atoms with Crippen LogP contribution < -0.4 is 15.0 Å². The van der Waals surface area contributed by atoms with Crippen LogP contribution in [-0.4, -0.2) is 60.6 Å². The molecule has 0 bridgehead atoms. The topological polar surface area (TPSA) is 117 Å². The first-order valence-electron chi connectivity index (χ1n) is 14.7. The molecule has 0 spiro atoms. The van der Waals surface area contributed by atoms with Gasteiger partial charge in [-0.05, 0) is 67.6 Å². The number of ether oxygens (including phenoxy) is 1. The average molecular weight is 628 g/mol. The van der Waals surface area contributed by atoms with Gasteiger partial charge in [0.2, 0.25) is 5.91 Å². The van der Waals surface area contributed by atoms with Crippen LogP contribution in [-0.2, 0) is 14.6 Å².